The second kappa shape index (κ2) is 8.44. The Balaban J connectivity index is 1.70. The van der Waals surface area contributed by atoms with Gasteiger partial charge in [-0.05, 0) is 43.2 Å². The average Bonchev–Trinajstić information content (AvgIpc) is 2.50. The van der Waals surface area contributed by atoms with E-state index >= 15 is 0 Å². The van der Waals surface area contributed by atoms with Gasteiger partial charge in [-0.3, -0.25) is 0 Å². The number of unbranched alkanes of at least 4 members (excludes halogenated alkanes) is 1. The number of aromatic nitrogens is 1. The van der Waals surface area contributed by atoms with E-state index in [0.717, 1.165) is 48.4 Å². The molecule has 0 aliphatic heterocycles. The Labute approximate surface area is 125 Å². The van der Waals surface area contributed by atoms with E-state index in [2.05, 4.69) is 10.3 Å². The summed E-state index contributed by atoms with van der Waals surface area (Å²) in [4.78, 5) is 4.56. The molecular weight excluding hydrogens is 266 g/mol. The zero-order valence-electron chi connectivity index (χ0n) is 12.5. The fourth-order valence-electron chi connectivity index (χ4n) is 2.03. The Morgan fingerprint density at radius 2 is 2.00 bits per heavy atom. The normalized spacial score (nSPS) is 10.9. The first-order valence-corrected chi connectivity index (χ1v) is 7.26. The highest BCUT2D eigenvalue weighted by molar-refractivity contribution is 5.83. The first kappa shape index (κ1) is 15.5. The van der Waals surface area contributed by atoms with Gasteiger partial charge < -0.3 is 20.5 Å². The topological polar surface area (TPSA) is 69.4 Å². The van der Waals surface area contributed by atoms with Crippen LogP contribution in [-0.2, 0) is 9.47 Å². The van der Waals surface area contributed by atoms with Gasteiger partial charge in [0.2, 0.25) is 0 Å². The number of nitrogens with two attached hydrogens (primary N) is 1. The van der Waals surface area contributed by atoms with Crippen molar-refractivity contribution in [3.63, 3.8) is 0 Å². The van der Waals surface area contributed by atoms with Crippen molar-refractivity contribution in [3.05, 3.63) is 30.3 Å². The number of nitrogen functional groups attached to an aromatic ring is 1. The molecule has 2 aromatic rings. The van der Waals surface area contributed by atoms with Crippen LogP contribution in [0.2, 0.25) is 0 Å². The molecular formula is C16H23N3O2. The summed E-state index contributed by atoms with van der Waals surface area (Å²) in [5.41, 5.74) is 7.47. The standard InChI is InChI=1S/C16H23N3O2/c1-20-10-11-21-9-3-2-8-18-16-7-4-13-12-14(17)5-6-15(13)19-16/h4-7,12H,2-3,8-11,17H2,1H3,(H,18,19). The van der Waals surface area contributed by atoms with Gasteiger partial charge in [-0.2, -0.15) is 0 Å². The molecule has 0 unspecified atom stereocenters. The van der Waals surface area contributed by atoms with Crippen molar-refractivity contribution in [1.82, 2.24) is 4.98 Å². The number of nitrogens with zero attached hydrogens (tertiary/aromatic N) is 1. The number of methoxy groups -OCH3 is 1. The molecule has 0 saturated carbocycles. The maximum atomic E-state index is 5.76. The first-order valence-electron chi connectivity index (χ1n) is 7.26. The summed E-state index contributed by atoms with van der Waals surface area (Å²) in [5, 5.41) is 4.39. The van der Waals surface area contributed by atoms with Gasteiger partial charge in [0.05, 0.1) is 18.7 Å². The molecule has 0 bridgehead atoms. The van der Waals surface area contributed by atoms with E-state index < -0.39 is 0 Å². The summed E-state index contributed by atoms with van der Waals surface area (Å²) in [6.07, 6.45) is 2.08. The van der Waals surface area contributed by atoms with E-state index in [4.69, 9.17) is 15.2 Å². The van der Waals surface area contributed by atoms with Crippen LogP contribution in [0.25, 0.3) is 10.9 Å². The molecule has 1 aromatic heterocycles. The summed E-state index contributed by atoms with van der Waals surface area (Å²) in [6.45, 7) is 2.99. The van der Waals surface area contributed by atoms with Crippen LogP contribution in [0.15, 0.2) is 30.3 Å². The Kier molecular flexibility index (Phi) is 6.24. The van der Waals surface area contributed by atoms with Gasteiger partial charge in [0.25, 0.3) is 0 Å². The van der Waals surface area contributed by atoms with Gasteiger partial charge in [0, 0.05) is 31.3 Å². The second-order valence-electron chi connectivity index (χ2n) is 4.89. The van der Waals surface area contributed by atoms with Gasteiger partial charge in [0.15, 0.2) is 0 Å². The molecule has 0 aliphatic rings. The van der Waals surface area contributed by atoms with E-state index in [1.165, 1.54) is 0 Å². The summed E-state index contributed by atoms with van der Waals surface area (Å²) < 4.78 is 10.3. The second-order valence-corrected chi connectivity index (χ2v) is 4.89. The lowest BCUT2D eigenvalue weighted by Gasteiger charge is -2.07. The van der Waals surface area contributed by atoms with Crippen LogP contribution in [-0.4, -0.2) is 38.5 Å². The third kappa shape index (κ3) is 5.21. The minimum atomic E-state index is 0.657. The van der Waals surface area contributed by atoms with Crippen molar-refractivity contribution in [3.8, 4) is 0 Å². The first-order chi connectivity index (χ1) is 10.3. The number of ether oxygens (including phenoxy) is 2. The third-order valence-corrected chi connectivity index (χ3v) is 3.17. The van der Waals surface area contributed by atoms with Crippen LogP contribution < -0.4 is 11.1 Å². The Morgan fingerprint density at radius 1 is 1.10 bits per heavy atom. The Hall–Kier alpha value is -1.85. The number of anilines is 2. The smallest absolute Gasteiger partial charge is 0.126 e. The molecule has 0 amide bonds. The lowest BCUT2D eigenvalue weighted by atomic mass is 10.2. The quantitative estimate of drug-likeness (QED) is 0.548. The number of benzene rings is 1. The van der Waals surface area contributed by atoms with Crippen molar-refractivity contribution in [2.45, 2.75) is 12.8 Å². The van der Waals surface area contributed by atoms with E-state index in [1.54, 1.807) is 7.11 Å². The molecule has 0 atom stereocenters. The van der Waals surface area contributed by atoms with E-state index in [0.29, 0.717) is 13.2 Å². The molecule has 5 nitrogen and oxygen atoms in total. The summed E-state index contributed by atoms with van der Waals surface area (Å²) in [7, 11) is 1.68. The highest BCUT2D eigenvalue weighted by Crippen LogP contribution is 2.17. The Bertz CT molecular complexity index is 560. The molecule has 0 aliphatic carbocycles. The fraction of sp³-hybridized carbons (Fsp3) is 0.438. The predicted molar refractivity (Wildman–Crippen MR) is 86.6 cm³/mol. The van der Waals surface area contributed by atoms with Crippen LogP contribution in [0.4, 0.5) is 11.5 Å². The lowest BCUT2D eigenvalue weighted by molar-refractivity contribution is 0.0691. The molecule has 2 rings (SSSR count). The predicted octanol–water partition coefficient (Wildman–Crippen LogP) is 2.67. The number of rotatable bonds is 9. The molecule has 1 heterocycles. The summed E-state index contributed by atoms with van der Waals surface area (Å²) >= 11 is 0. The van der Waals surface area contributed by atoms with Crippen LogP contribution in [0.3, 0.4) is 0 Å². The molecule has 0 fully saturated rings. The van der Waals surface area contributed by atoms with Crippen molar-refractivity contribution in [2.24, 2.45) is 0 Å². The highest BCUT2D eigenvalue weighted by Gasteiger charge is 1.98. The highest BCUT2D eigenvalue weighted by atomic mass is 16.5. The molecule has 3 N–H and O–H groups in total. The zero-order valence-corrected chi connectivity index (χ0v) is 12.5. The number of hydrogen-bond donors (Lipinski definition) is 2. The summed E-state index contributed by atoms with van der Waals surface area (Å²) in [5.74, 6) is 0.896. The SMILES string of the molecule is COCCOCCCCNc1ccc2cc(N)ccc2n1. The third-order valence-electron chi connectivity index (χ3n) is 3.17. The van der Waals surface area contributed by atoms with Crippen LogP contribution >= 0.6 is 0 Å². The van der Waals surface area contributed by atoms with Gasteiger partial charge in [0.1, 0.15) is 5.82 Å². The van der Waals surface area contributed by atoms with E-state index in [1.807, 2.05) is 30.3 Å². The minimum Gasteiger partial charge on any atom is -0.399 e. The number of pyridine rings is 1. The zero-order chi connectivity index (χ0) is 14.9. The van der Waals surface area contributed by atoms with Crippen molar-refractivity contribution in [2.75, 3.05) is 44.5 Å². The van der Waals surface area contributed by atoms with Gasteiger partial charge in [-0.1, -0.05) is 0 Å². The van der Waals surface area contributed by atoms with Crippen LogP contribution in [0.1, 0.15) is 12.8 Å². The Morgan fingerprint density at radius 3 is 2.86 bits per heavy atom. The minimum absolute atomic E-state index is 0.657. The molecule has 5 heteroatoms. The van der Waals surface area contributed by atoms with Crippen molar-refractivity contribution < 1.29 is 9.47 Å². The van der Waals surface area contributed by atoms with Crippen molar-refractivity contribution >= 4 is 22.4 Å². The largest absolute Gasteiger partial charge is 0.399 e. The van der Waals surface area contributed by atoms with E-state index in [9.17, 15) is 0 Å². The van der Waals surface area contributed by atoms with E-state index in [-0.39, 0.29) is 0 Å². The average molecular weight is 289 g/mol. The lowest BCUT2D eigenvalue weighted by Crippen LogP contribution is -2.07. The van der Waals surface area contributed by atoms with Gasteiger partial charge >= 0.3 is 0 Å². The van der Waals surface area contributed by atoms with Gasteiger partial charge in [-0.15, -0.1) is 0 Å². The number of nitrogens with one attached hydrogen (secondary N) is 1. The van der Waals surface area contributed by atoms with Crippen LogP contribution in [0.5, 0.6) is 0 Å². The molecule has 21 heavy (non-hydrogen) atoms. The molecule has 0 saturated heterocycles. The maximum Gasteiger partial charge on any atom is 0.126 e. The molecule has 1 aromatic carbocycles. The maximum absolute atomic E-state index is 5.76. The molecule has 114 valence electrons. The fourth-order valence-corrected chi connectivity index (χ4v) is 2.03. The van der Waals surface area contributed by atoms with Crippen molar-refractivity contribution in [1.29, 1.82) is 0 Å². The van der Waals surface area contributed by atoms with Crippen LogP contribution in [0, 0.1) is 0 Å². The van der Waals surface area contributed by atoms with Gasteiger partial charge in [-0.25, -0.2) is 4.98 Å². The monoisotopic (exact) mass is 289 g/mol. The number of hydrogen-bond acceptors (Lipinski definition) is 5. The molecule has 0 spiro atoms. The number of fused-ring (bicyclic) bond motifs is 1. The molecule has 0 radical (unpaired) electrons. The summed E-state index contributed by atoms with van der Waals surface area (Å²) in [6, 6.07) is 9.77.